The molecule has 0 aliphatic carbocycles. The van der Waals surface area contributed by atoms with Crippen molar-refractivity contribution in [1.29, 1.82) is 5.26 Å². The zero-order valence-electron chi connectivity index (χ0n) is 10.5. The maximum atomic E-state index is 8.89. The molecule has 18 heavy (non-hydrogen) atoms. The number of aliphatic hydroxyl groups excluding tert-OH is 1. The minimum atomic E-state index is 0.246. The minimum Gasteiger partial charge on any atom is -0.395 e. The lowest BCUT2D eigenvalue weighted by molar-refractivity contribution is 0.108. The van der Waals surface area contributed by atoms with Gasteiger partial charge in [-0.3, -0.25) is 9.80 Å². The Morgan fingerprint density at radius 3 is 2.22 bits per heavy atom. The number of piperazine rings is 1. The highest BCUT2D eigenvalue weighted by atomic mass is 16.3. The molecule has 0 aromatic heterocycles. The summed E-state index contributed by atoms with van der Waals surface area (Å²) in [6, 6.07) is 9.93. The lowest BCUT2D eigenvalue weighted by atomic mass is 10.1. The van der Waals surface area contributed by atoms with Gasteiger partial charge in [0.1, 0.15) is 0 Å². The molecule has 4 nitrogen and oxygen atoms in total. The van der Waals surface area contributed by atoms with E-state index in [2.05, 4.69) is 15.9 Å². The summed E-state index contributed by atoms with van der Waals surface area (Å²) in [6.07, 6.45) is 0. The third-order valence-electron chi connectivity index (χ3n) is 3.37. The summed E-state index contributed by atoms with van der Waals surface area (Å²) < 4.78 is 0. The van der Waals surface area contributed by atoms with E-state index in [-0.39, 0.29) is 6.61 Å². The standard InChI is InChI=1S/C14H19N3O/c15-11-13-1-3-14(4-2-13)12-17-7-5-16(6-8-17)9-10-18/h1-4,18H,5-10,12H2. The number of rotatable bonds is 4. The average Bonchev–Trinajstić information content (AvgIpc) is 2.42. The van der Waals surface area contributed by atoms with Gasteiger partial charge in [0.2, 0.25) is 0 Å². The Kier molecular flexibility index (Phi) is 4.71. The fourth-order valence-corrected chi connectivity index (χ4v) is 2.26. The number of hydrogen-bond acceptors (Lipinski definition) is 4. The largest absolute Gasteiger partial charge is 0.395 e. The van der Waals surface area contributed by atoms with E-state index in [0.29, 0.717) is 5.56 Å². The van der Waals surface area contributed by atoms with Gasteiger partial charge in [-0.1, -0.05) is 12.1 Å². The predicted octanol–water partition coefficient (Wildman–Crippen LogP) is 0.668. The fourth-order valence-electron chi connectivity index (χ4n) is 2.26. The Balaban J connectivity index is 1.82. The SMILES string of the molecule is N#Cc1ccc(CN2CCN(CCO)CC2)cc1. The number of aliphatic hydroxyl groups is 1. The van der Waals surface area contributed by atoms with Crippen molar-refractivity contribution in [2.45, 2.75) is 6.54 Å². The molecule has 4 heteroatoms. The lowest BCUT2D eigenvalue weighted by Gasteiger charge is -2.34. The highest BCUT2D eigenvalue weighted by Crippen LogP contribution is 2.09. The van der Waals surface area contributed by atoms with Crippen molar-refractivity contribution in [3.63, 3.8) is 0 Å². The van der Waals surface area contributed by atoms with E-state index in [0.717, 1.165) is 39.3 Å². The van der Waals surface area contributed by atoms with Crippen LogP contribution >= 0.6 is 0 Å². The monoisotopic (exact) mass is 245 g/mol. The molecule has 0 atom stereocenters. The first-order valence-electron chi connectivity index (χ1n) is 6.36. The number of nitrogens with zero attached hydrogens (tertiary/aromatic N) is 3. The van der Waals surface area contributed by atoms with Crippen LogP contribution in [0.2, 0.25) is 0 Å². The molecule has 1 aliphatic heterocycles. The molecule has 2 rings (SSSR count). The molecule has 1 fully saturated rings. The highest BCUT2D eigenvalue weighted by Gasteiger charge is 2.16. The molecule has 1 saturated heterocycles. The van der Waals surface area contributed by atoms with Crippen LogP contribution in [-0.2, 0) is 6.54 Å². The molecule has 0 radical (unpaired) electrons. The molecule has 0 spiro atoms. The molecule has 1 heterocycles. The van der Waals surface area contributed by atoms with Crippen LogP contribution in [0.15, 0.2) is 24.3 Å². The van der Waals surface area contributed by atoms with Crippen molar-refractivity contribution >= 4 is 0 Å². The summed E-state index contributed by atoms with van der Waals surface area (Å²) in [5.74, 6) is 0. The van der Waals surface area contributed by atoms with E-state index in [1.165, 1.54) is 5.56 Å². The first-order chi connectivity index (χ1) is 8.81. The fraction of sp³-hybridized carbons (Fsp3) is 0.500. The smallest absolute Gasteiger partial charge is 0.0991 e. The number of nitriles is 1. The summed E-state index contributed by atoms with van der Waals surface area (Å²) in [5, 5.41) is 17.6. The quantitative estimate of drug-likeness (QED) is 0.847. The van der Waals surface area contributed by atoms with Gasteiger partial charge in [0.25, 0.3) is 0 Å². The molecule has 1 aromatic carbocycles. The molecule has 1 N–H and O–H groups in total. The lowest BCUT2D eigenvalue weighted by Crippen LogP contribution is -2.46. The normalized spacial score (nSPS) is 17.6. The molecule has 96 valence electrons. The molecule has 0 bridgehead atoms. The second-order valence-electron chi connectivity index (χ2n) is 4.65. The third-order valence-corrected chi connectivity index (χ3v) is 3.37. The van der Waals surface area contributed by atoms with Gasteiger partial charge in [-0.15, -0.1) is 0 Å². The van der Waals surface area contributed by atoms with Crippen LogP contribution in [0.25, 0.3) is 0 Å². The second-order valence-corrected chi connectivity index (χ2v) is 4.65. The van der Waals surface area contributed by atoms with Crippen molar-refractivity contribution in [3.05, 3.63) is 35.4 Å². The average molecular weight is 245 g/mol. The van der Waals surface area contributed by atoms with Crippen LogP contribution in [0.4, 0.5) is 0 Å². The van der Waals surface area contributed by atoms with E-state index in [1.54, 1.807) is 0 Å². The number of β-amino-alcohol motifs (C(OH)–C–C–N with tert-alkyl or cyclic N) is 1. The Morgan fingerprint density at radius 1 is 1.06 bits per heavy atom. The molecule has 1 aromatic rings. The zero-order chi connectivity index (χ0) is 12.8. The minimum absolute atomic E-state index is 0.246. The van der Waals surface area contributed by atoms with Crippen LogP contribution in [-0.4, -0.2) is 54.2 Å². The van der Waals surface area contributed by atoms with E-state index in [9.17, 15) is 0 Å². The van der Waals surface area contributed by atoms with E-state index >= 15 is 0 Å². The van der Waals surface area contributed by atoms with Crippen LogP contribution in [0, 0.1) is 11.3 Å². The van der Waals surface area contributed by atoms with Crippen molar-refractivity contribution in [1.82, 2.24) is 9.80 Å². The Hall–Kier alpha value is -1.41. The van der Waals surface area contributed by atoms with E-state index in [1.807, 2.05) is 24.3 Å². The van der Waals surface area contributed by atoms with Crippen LogP contribution < -0.4 is 0 Å². The first kappa shape index (κ1) is 13.0. The van der Waals surface area contributed by atoms with Crippen LogP contribution in [0.3, 0.4) is 0 Å². The summed E-state index contributed by atoms with van der Waals surface area (Å²) in [4.78, 5) is 4.70. The summed E-state index contributed by atoms with van der Waals surface area (Å²) in [5.41, 5.74) is 1.97. The first-order valence-corrected chi connectivity index (χ1v) is 6.36. The molecule has 0 unspecified atom stereocenters. The zero-order valence-corrected chi connectivity index (χ0v) is 10.5. The molecular weight excluding hydrogens is 226 g/mol. The van der Waals surface area contributed by atoms with Gasteiger partial charge in [0.05, 0.1) is 18.2 Å². The van der Waals surface area contributed by atoms with Gasteiger partial charge in [-0.25, -0.2) is 0 Å². The summed E-state index contributed by atoms with van der Waals surface area (Å²) in [6.45, 7) is 6.10. The van der Waals surface area contributed by atoms with Crippen molar-refractivity contribution in [2.24, 2.45) is 0 Å². The van der Waals surface area contributed by atoms with Gasteiger partial charge in [-0.2, -0.15) is 5.26 Å². The Labute approximate surface area is 108 Å². The molecule has 0 amide bonds. The van der Waals surface area contributed by atoms with Crippen LogP contribution in [0.5, 0.6) is 0 Å². The second kappa shape index (κ2) is 6.50. The van der Waals surface area contributed by atoms with Gasteiger partial charge in [0, 0.05) is 39.3 Å². The number of hydrogen-bond donors (Lipinski definition) is 1. The maximum absolute atomic E-state index is 8.89. The van der Waals surface area contributed by atoms with Gasteiger partial charge < -0.3 is 5.11 Å². The van der Waals surface area contributed by atoms with Crippen molar-refractivity contribution in [3.8, 4) is 6.07 Å². The van der Waals surface area contributed by atoms with E-state index in [4.69, 9.17) is 10.4 Å². The molecular formula is C14H19N3O. The molecule has 0 saturated carbocycles. The Morgan fingerprint density at radius 2 is 1.67 bits per heavy atom. The van der Waals surface area contributed by atoms with Gasteiger partial charge in [0.15, 0.2) is 0 Å². The van der Waals surface area contributed by atoms with Gasteiger partial charge in [-0.05, 0) is 17.7 Å². The maximum Gasteiger partial charge on any atom is 0.0991 e. The summed E-state index contributed by atoms with van der Waals surface area (Å²) in [7, 11) is 0. The van der Waals surface area contributed by atoms with Crippen molar-refractivity contribution in [2.75, 3.05) is 39.3 Å². The Bertz CT molecular complexity index is 402. The highest BCUT2D eigenvalue weighted by molar-refractivity contribution is 5.31. The van der Waals surface area contributed by atoms with Crippen LogP contribution in [0.1, 0.15) is 11.1 Å². The summed E-state index contributed by atoms with van der Waals surface area (Å²) >= 11 is 0. The predicted molar refractivity (Wildman–Crippen MR) is 70.0 cm³/mol. The molecule has 1 aliphatic rings. The number of benzene rings is 1. The topological polar surface area (TPSA) is 50.5 Å². The van der Waals surface area contributed by atoms with Gasteiger partial charge >= 0.3 is 0 Å². The third kappa shape index (κ3) is 3.54. The van der Waals surface area contributed by atoms with E-state index < -0.39 is 0 Å². The van der Waals surface area contributed by atoms with Crippen molar-refractivity contribution < 1.29 is 5.11 Å².